The van der Waals surface area contributed by atoms with E-state index in [2.05, 4.69) is 15.5 Å². The van der Waals surface area contributed by atoms with E-state index in [1.165, 1.54) is 11.9 Å². The third kappa shape index (κ3) is 3.26. The van der Waals surface area contributed by atoms with Crippen molar-refractivity contribution in [3.8, 4) is 5.75 Å². The number of piperazine rings is 1. The van der Waals surface area contributed by atoms with Crippen molar-refractivity contribution in [2.75, 3.05) is 43.6 Å². The van der Waals surface area contributed by atoms with Crippen LogP contribution >= 0.6 is 0 Å². The highest BCUT2D eigenvalue weighted by atomic mass is 19.1. The van der Waals surface area contributed by atoms with Gasteiger partial charge in [-0.05, 0) is 6.07 Å². The summed E-state index contributed by atoms with van der Waals surface area (Å²) in [5.74, 6) is -2.59. The third-order valence-corrected chi connectivity index (χ3v) is 4.41. The average molecular weight is 384 g/mol. The molecule has 3 rings (SSSR count). The Bertz CT molecular complexity index is 949. The monoisotopic (exact) mass is 384 g/mol. The second-order valence-corrected chi connectivity index (χ2v) is 5.94. The third-order valence-electron chi connectivity index (χ3n) is 4.41. The number of rotatable bonds is 4. The second kappa shape index (κ2) is 7.37. The summed E-state index contributed by atoms with van der Waals surface area (Å²) in [5.41, 5.74) is 1.01. The number of halogens is 2. The maximum Gasteiger partial charge on any atom is 0.511 e. The van der Waals surface area contributed by atoms with E-state index in [4.69, 9.17) is 5.11 Å². The molecule has 1 atom stereocenters. The van der Waals surface area contributed by atoms with Crippen molar-refractivity contribution in [1.82, 2.24) is 9.99 Å². The molecule has 1 unspecified atom stereocenters. The Morgan fingerprint density at radius 2 is 2.22 bits per heavy atom. The van der Waals surface area contributed by atoms with Crippen LogP contribution in [0.1, 0.15) is 0 Å². The zero-order chi connectivity index (χ0) is 19.7. The predicted octanol–water partition coefficient (Wildman–Crippen LogP) is 0.280. The van der Waals surface area contributed by atoms with Gasteiger partial charge in [-0.2, -0.15) is 0 Å². The zero-order valence-corrected chi connectivity index (χ0v) is 14.3. The lowest BCUT2D eigenvalue weighted by atomic mass is 10.1. The fourth-order valence-corrected chi connectivity index (χ4v) is 3.21. The van der Waals surface area contributed by atoms with Crippen LogP contribution in [0.5, 0.6) is 5.75 Å². The molecule has 1 aromatic carbocycles. The molecule has 0 bridgehead atoms. The maximum absolute atomic E-state index is 15.3. The van der Waals surface area contributed by atoms with Crippen molar-refractivity contribution < 1.29 is 28.5 Å². The van der Waals surface area contributed by atoms with Crippen LogP contribution < -0.4 is 25.8 Å². The number of hydrogen-bond donors (Lipinski definition) is 4. The van der Waals surface area contributed by atoms with Gasteiger partial charge in [0.25, 0.3) is 0 Å². The van der Waals surface area contributed by atoms with Gasteiger partial charge in [0, 0.05) is 26.7 Å². The van der Waals surface area contributed by atoms with Gasteiger partial charge in [0.2, 0.25) is 11.2 Å². The van der Waals surface area contributed by atoms with Gasteiger partial charge in [-0.15, -0.1) is 0 Å². The molecule has 0 spiro atoms. The van der Waals surface area contributed by atoms with Crippen LogP contribution in [-0.4, -0.2) is 60.4 Å². The first kappa shape index (κ1) is 18.9. The minimum atomic E-state index is -1.72. The summed E-state index contributed by atoms with van der Waals surface area (Å²) in [5, 5.41) is 20.9. The Morgan fingerprint density at radius 3 is 2.85 bits per heavy atom. The van der Waals surface area contributed by atoms with Crippen molar-refractivity contribution in [1.29, 1.82) is 0 Å². The maximum atomic E-state index is 15.3. The number of pyridine rings is 1. The van der Waals surface area contributed by atoms with Crippen LogP contribution in [0, 0.1) is 11.6 Å². The molecule has 1 aromatic heterocycles. The van der Waals surface area contributed by atoms with E-state index in [9.17, 15) is 19.1 Å². The van der Waals surface area contributed by atoms with Gasteiger partial charge in [-0.1, -0.05) is 0 Å². The summed E-state index contributed by atoms with van der Waals surface area (Å²) in [4.78, 5) is 24.6. The van der Waals surface area contributed by atoms with Crippen molar-refractivity contribution in [3.05, 3.63) is 34.1 Å². The highest BCUT2D eigenvalue weighted by Gasteiger charge is 2.29. The number of fused-ring (bicyclic) bond motifs is 1. The molecular formula is C16H18F2N4O5. The molecule has 1 fully saturated rings. The van der Waals surface area contributed by atoms with Gasteiger partial charge in [0.05, 0.1) is 24.2 Å². The first-order valence-electron chi connectivity index (χ1n) is 8.13. The minimum absolute atomic E-state index is 0.258. The van der Waals surface area contributed by atoms with E-state index >= 15 is 4.39 Å². The number of ether oxygens (including phenoxy) is 1. The largest absolute Gasteiger partial charge is 0.511 e. The molecule has 9 nitrogen and oxygen atoms in total. The average Bonchev–Trinajstić information content (AvgIpc) is 2.64. The Balaban J connectivity index is 2.27. The van der Waals surface area contributed by atoms with Crippen molar-refractivity contribution in [2.24, 2.45) is 0 Å². The lowest BCUT2D eigenvalue weighted by Crippen LogP contribution is -2.53. The number of nitrogens with one attached hydrogen (secondary N) is 2. The first-order valence-corrected chi connectivity index (χ1v) is 8.13. The molecule has 4 N–H and O–H groups in total. The Kier molecular flexibility index (Phi) is 5.15. The van der Waals surface area contributed by atoms with Gasteiger partial charge in [-0.25, -0.2) is 13.6 Å². The Labute approximate surface area is 151 Å². The van der Waals surface area contributed by atoms with E-state index < -0.39 is 35.0 Å². The molecule has 0 saturated carbocycles. The van der Waals surface area contributed by atoms with Crippen molar-refractivity contribution in [2.45, 2.75) is 6.04 Å². The standard InChI is InChI=1S/C16H18F2N4O5/c1-19-22-6-11(27-16(25)26)15(24)9-4-10(17)14(12(18)13(9)22)21-3-2-20-5-8(21)7-23/h4,6,8,19-20,23H,2-3,5,7H2,1H3,(H,25,26). The van der Waals surface area contributed by atoms with Crippen LogP contribution in [-0.2, 0) is 0 Å². The zero-order valence-electron chi connectivity index (χ0n) is 14.3. The second-order valence-electron chi connectivity index (χ2n) is 5.94. The van der Waals surface area contributed by atoms with Crippen LogP contribution in [0.2, 0.25) is 0 Å². The SMILES string of the molecule is CNn1cc(OC(=O)O)c(=O)c2cc(F)c(N3CCNCC3CO)c(F)c21. The lowest BCUT2D eigenvalue weighted by Gasteiger charge is -2.37. The molecule has 0 amide bonds. The molecule has 27 heavy (non-hydrogen) atoms. The quantitative estimate of drug-likeness (QED) is 0.556. The summed E-state index contributed by atoms with van der Waals surface area (Å²) in [6.45, 7) is 0.762. The predicted molar refractivity (Wildman–Crippen MR) is 93.2 cm³/mol. The van der Waals surface area contributed by atoms with Crippen LogP contribution in [0.25, 0.3) is 10.9 Å². The normalized spacial score (nSPS) is 17.2. The molecule has 2 heterocycles. The summed E-state index contributed by atoms with van der Waals surface area (Å²) in [6.07, 6.45) is -0.747. The minimum Gasteiger partial charge on any atom is -0.449 e. The number of benzene rings is 1. The van der Waals surface area contributed by atoms with E-state index in [1.54, 1.807) is 0 Å². The van der Waals surface area contributed by atoms with Gasteiger partial charge in [0.1, 0.15) is 17.0 Å². The molecule has 146 valence electrons. The van der Waals surface area contributed by atoms with E-state index in [0.29, 0.717) is 13.1 Å². The molecule has 0 radical (unpaired) electrons. The highest BCUT2D eigenvalue weighted by Crippen LogP contribution is 2.32. The van der Waals surface area contributed by atoms with E-state index in [0.717, 1.165) is 16.9 Å². The fraction of sp³-hybridized carbons (Fsp3) is 0.375. The smallest absolute Gasteiger partial charge is 0.449 e. The molecule has 1 aliphatic rings. The topological polar surface area (TPSA) is 116 Å². The Hall–Kier alpha value is -2.92. The fourth-order valence-electron chi connectivity index (χ4n) is 3.21. The molecule has 1 aliphatic heterocycles. The highest BCUT2D eigenvalue weighted by molar-refractivity contribution is 5.86. The van der Waals surface area contributed by atoms with E-state index in [-0.39, 0.29) is 29.7 Å². The number of aliphatic hydroxyl groups excluding tert-OH is 1. The van der Waals surface area contributed by atoms with Crippen molar-refractivity contribution in [3.63, 3.8) is 0 Å². The van der Waals surface area contributed by atoms with Crippen molar-refractivity contribution >= 4 is 22.7 Å². The number of hydrogen-bond acceptors (Lipinski definition) is 7. The first-order chi connectivity index (χ1) is 12.9. The number of aliphatic hydroxyl groups is 1. The summed E-state index contributed by atoms with van der Waals surface area (Å²) < 4.78 is 35.5. The number of anilines is 1. The number of aromatic nitrogens is 1. The Morgan fingerprint density at radius 1 is 1.48 bits per heavy atom. The molecule has 0 aliphatic carbocycles. The lowest BCUT2D eigenvalue weighted by molar-refractivity contribution is 0.144. The van der Waals surface area contributed by atoms with Gasteiger partial charge >= 0.3 is 6.16 Å². The molecule has 11 heteroatoms. The summed E-state index contributed by atoms with van der Waals surface area (Å²) >= 11 is 0. The number of carboxylic acid groups (broad SMARTS) is 1. The van der Waals surface area contributed by atoms with Crippen LogP contribution in [0.15, 0.2) is 17.1 Å². The summed E-state index contributed by atoms with van der Waals surface area (Å²) in [6, 6.07) is 0.305. The van der Waals surface area contributed by atoms with Gasteiger partial charge in [-0.3, -0.25) is 9.47 Å². The van der Waals surface area contributed by atoms with Gasteiger partial charge < -0.3 is 30.6 Å². The van der Waals surface area contributed by atoms with Crippen LogP contribution in [0.3, 0.4) is 0 Å². The molecule has 2 aromatic rings. The number of nitrogens with zero attached hydrogens (tertiary/aromatic N) is 2. The van der Waals surface area contributed by atoms with E-state index in [1.807, 2.05) is 0 Å². The molecule has 1 saturated heterocycles. The van der Waals surface area contributed by atoms with Gasteiger partial charge in [0.15, 0.2) is 5.82 Å². The van der Waals surface area contributed by atoms with Crippen LogP contribution in [0.4, 0.5) is 19.3 Å². The molecular weight excluding hydrogens is 366 g/mol. The summed E-state index contributed by atoms with van der Waals surface area (Å²) in [7, 11) is 1.41. The number of carbonyl (C=O) groups is 1.